The van der Waals surface area contributed by atoms with Gasteiger partial charge in [-0.15, -0.1) is 0 Å². The van der Waals surface area contributed by atoms with Gasteiger partial charge < -0.3 is 3.90 Å². The minimum absolute atomic E-state index is 0. The van der Waals surface area contributed by atoms with E-state index in [1.807, 2.05) is 0 Å². The van der Waals surface area contributed by atoms with E-state index in [9.17, 15) is 0 Å². The normalized spacial score (nSPS) is 14.1. The van der Waals surface area contributed by atoms with Crippen molar-refractivity contribution in [3.63, 3.8) is 0 Å². The molecule has 0 fully saturated rings. The molecule has 0 aromatic rings. The molecule has 5 heteroatoms. The fraction of sp³-hybridized carbons (Fsp3) is 1.00. The maximum Gasteiger partial charge on any atom is 0.105 e. The number of rotatable bonds is 3. The van der Waals surface area contributed by atoms with Crippen LogP contribution < -0.4 is 0 Å². The molecule has 94 valence electrons. The first-order valence-corrected chi connectivity index (χ1v) is 15.5. The molecule has 0 atom stereocenters. The molecule has 0 heterocycles. The maximum absolute atomic E-state index is 2.98. The maximum atomic E-state index is 2.98. The van der Waals surface area contributed by atoms with E-state index in [4.69, 9.17) is 0 Å². The summed E-state index contributed by atoms with van der Waals surface area (Å²) in [4.78, 5) is 0. The molecular formula is C9H27NSi3Yb. The van der Waals surface area contributed by atoms with Gasteiger partial charge in [0, 0.05) is 46.9 Å². The third-order valence-electron chi connectivity index (χ3n) is 2.01. The summed E-state index contributed by atoms with van der Waals surface area (Å²) in [5.74, 6) is 0. The van der Waals surface area contributed by atoms with Gasteiger partial charge in [-0.1, -0.05) is 58.9 Å². The van der Waals surface area contributed by atoms with Gasteiger partial charge in [-0.25, -0.2) is 0 Å². The van der Waals surface area contributed by atoms with Crippen molar-refractivity contribution in [2.24, 2.45) is 0 Å². The second-order valence-electron chi connectivity index (χ2n) is 6.85. The van der Waals surface area contributed by atoms with Crippen LogP contribution in [0.1, 0.15) is 0 Å². The van der Waals surface area contributed by atoms with Gasteiger partial charge in [0.05, 0.1) is 0 Å². The van der Waals surface area contributed by atoms with Gasteiger partial charge in [0.25, 0.3) is 0 Å². The van der Waals surface area contributed by atoms with Gasteiger partial charge in [0.2, 0.25) is 0 Å². The molecule has 0 aliphatic carbocycles. The van der Waals surface area contributed by atoms with Crippen molar-refractivity contribution in [2.45, 2.75) is 58.9 Å². The average molecular weight is 407 g/mol. The molecule has 0 aliphatic rings. The number of hydrogen-bond acceptors (Lipinski definition) is 1. The minimum atomic E-state index is -1.10. The Bertz CT molecular complexity index is 143. The van der Waals surface area contributed by atoms with Crippen LogP contribution in [0.5, 0.6) is 0 Å². The van der Waals surface area contributed by atoms with Crippen molar-refractivity contribution in [3.05, 3.63) is 0 Å². The molecule has 0 aliphatic heterocycles. The Morgan fingerprint density at radius 1 is 0.500 bits per heavy atom. The van der Waals surface area contributed by atoms with Crippen LogP contribution in [0.4, 0.5) is 0 Å². The van der Waals surface area contributed by atoms with E-state index >= 15 is 0 Å². The molecule has 0 N–H and O–H groups in total. The van der Waals surface area contributed by atoms with E-state index in [1.54, 1.807) is 0 Å². The van der Waals surface area contributed by atoms with Crippen LogP contribution in [0.3, 0.4) is 0 Å². The first-order chi connectivity index (χ1) is 5.37. The monoisotopic (exact) mass is 407 g/mol. The summed E-state index contributed by atoms with van der Waals surface area (Å²) < 4.78 is 2.98. The number of nitrogens with zero attached hydrogens (tertiary/aromatic N) is 1. The standard InChI is InChI=1S/C9H27NSi3.Yb/c1-11(2,3)10(12(4,5)6)13(7,8)9;/h1-9H3;. The topological polar surface area (TPSA) is 3.24 Å². The fourth-order valence-electron chi connectivity index (χ4n) is 3.02. The van der Waals surface area contributed by atoms with E-state index in [1.165, 1.54) is 0 Å². The Morgan fingerprint density at radius 2 is 0.643 bits per heavy atom. The first-order valence-electron chi connectivity index (χ1n) is 5.17. The van der Waals surface area contributed by atoms with E-state index in [-0.39, 0.29) is 46.9 Å². The Hall–Kier alpha value is 2.13. The summed E-state index contributed by atoms with van der Waals surface area (Å²) in [6, 6.07) is 0. The Balaban J connectivity index is 0. The van der Waals surface area contributed by atoms with Crippen molar-refractivity contribution >= 4 is 24.7 Å². The summed E-state index contributed by atoms with van der Waals surface area (Å²) >= 11 is 0. The molecular weight excluding hydrogens is 379 g/mol. The summed E-state index contributed by atoms with van der Waals surface area (Å²) in [5.41, 5.74) is 0. The molecule has 0 rings (SSSR count). The zero-order valence-electron chi connectivity index (χ0n) is 11.2. The predicted octanol–water partition coefficient (Wildman–Crippen LogP) is 3.79. The zero-order chi connectivity index (χ0) is 11.1. The largest absolute Gasteiger partial charge is 0.369 e. The molecule has 0 unspecified atom stereocenters. The summed E-state index contributed by atoms with van der Waals surface area (Å²) in [6.45, 7) is 22.4. The van der Waals surface area contributed by atoms with E-state index < -0.39 is 24.7 Å². The number of hydrogen-bond donors (Lipinski definition) is 0. The molecule has 0 saturated heterocycles. The molecule has 0 radical (unpaired) electrons. The van der Waals surface area contributed by atoms with Gasteiger partial charge in [-0.05, 0) is 0 Å². The molecule has 0 bridgehead atoms. The quantitative estimate of drug-likeness (QED) is 0.645. The van der Waals surface area contributed by atoms with Gasteiger partial charge in [-0.2, -0.15) is 0 Å². The Morgan fingerprint density at radius 3 is 0.643 bits per heavy atom. The molecule has 0 aromatic heterocycles. The van der Waals surface area contributed by atoms with Crippen LogP contribution in [0.25, 0.3) is 0 Å². The van der Waals surface area contributed by atoms with E-state index in [0.29, 0.717) is 0 Å². The van der Waals surface area contributed by atoms with Crippen LogP contribution in [0.15, 0.2) is 0 Å². The van der Waals surface area contributed by atoms with Crippen molar-refractivity contribution < 1.29 is 46.9 Å². The third-order valence-corrected chi connectivity index (χ3v) is 18.1. The molecule has 1 nitrogen and oxygen atoms in total. The van der Waals surface area contributed by atoms with Crippen LogP contribution >= 0.6 is 0 Å². The zero-order valence-corrected chi connectivity index (χ0v) is 15.9. The summed E-state index contributed by atoms with van der Waals surface area (Å²) in [7, 11) is -3.30. The third kappa shape index (κ3) is 6.01. The van der Waals surface area contributed by atoms with Gasteiger partial charge in [-0.3, -0.25) is 0 Å². The van der Waals surface area contributed by atoms with Crippen molar-refractivity contribution in [1.29, 1.82) is 0 Å². The minimum Gasteiger partial charge on any atom is -0.369 e. The van der Waals surface area contributed by atoms with Crippen LogP contribution in [0.2, 0.25) is 58.9 Å². The molecule has 0 saturated carbocycles. The van der Waals surface area contributed by atoms with Crippen molar-refractivity contribution in [1.82, 2.24) is 3.90 Å². The van der Waals surface area contributed by atoms with Gasteiger partial charge in [0.1, 0.15) is 24.7 Å². The summed E-state index contributed by atoms with van der Waals surface area (Å²) in [6.07, 6.45) is 0. The SMILES string of the molecule is C[Si](C)(C)N([Si](C)(C)C)[Si](C)(C)C.[Yb]. The van der Waals surface area contributed by atoms with Gasteiger partial charge in [0.15, 0.2) is 0 Å². The molecule has 14 heavy (non-hydrogen) atoms. The van der Waals surface area contributed by atoms with Crippen LogP contribution in [-0.4, -0.2) is 28.6 Å². The fourth-order valence-corrected chi connectivity index (χ4v) is 27.2. The van der Waals surface area contributed by atoms with Crippen molar-refractivity contribution in [3.8, 4) is 0 Å². The Labute approximate surface area is 133 Å². The second kappa shape index (κ2) is 5.65. The smallest absolute Gasteiger partial charge is 0.105 e. The molecule has 0 amide bonds. The van der Waals surface area contributed by atoms with E-state index in [2.05, 4.69) is 62.8 Å². The Kier molecular flexibility index (Phi) is 7.46. The second-order valence-corrected chi connectivity index (χ2v) is 22.6. The predicted molar refractivity (Wildman–Crippen MR) is 71.9 cm³/mol. The first kappa shape index (κ1) is 18.5. The van der Waals surface area contributed by atoms with E-state index in [0.717, 1.165) is 0 Å². The molecule has 0 spiro atoms. The van der Waals surface area contributed by atoms with Crippen molar-refractivity contribution in [2.75, 3.05) is 0 Å². The molecule has 0 aromatic carbocycles. The summed E-state index contributed by atoms with van der Waals surface area (Å²) in [5, 5.41) is 0. The van der Waals surface area contributed by atoms with Crippen LogP contribution in [0, 0.1) is 46.9 Å². The van der Waals surface area contributed by atoms with Gasteiger partial charge >= 0.3 is 0 Å². The average Bonchev–Trinajstić information content (AvgIpc) is 1.44. The van der Waals surface area contributed by atoms with Crippen LogP contribution in [-0.2, 0) is 0 Å².